The highest BCUT2D eigenvalue weighted by Crippen LogP contribution is 2.22. The molecule has 3 aromatic rings. The van der Waals surface area contributed by atoms with E-state index in [0.29, 0.717) is 23.4 Å². The van der Waals surface area contributed by atoms with Crippen LogP contribution in [-0.2, 0) is 6.54 Å². The van der Waals surface area contributed by atoms with Gasteiger partial charge in [0.1, 0.15) is 0 Å². The summed E-state index contributed by atoms with van der Waals surface area (Å²) in [4.78, 5) is 26.6. The number of aryl methyl sites for hydroxylation is 1. The van der Waals surface area contributed by atoms with Crippen LogP contribution in [0.4, 0.5) is 5.69 Å². The lowest BCUT2D eigenvalue weighted by Crippen LogP contribution is -2.27. The third-order valence-corrected chi connectivity index (χ3v) is 4.25. The number of furan rings is 1. The molecule has 0 bridgehead atoms. The molecular weight excluding hydrogens is 332 g/mol. The van der Waals surface area contributed by atoms with Crippen molar-refractivity contribution in [3.63, 3.8) is 0 Å². The van der Waals surface area contributed by atoms with Gasteiger partial charge >= 0.3 is 0 Å². The van der Waals surface area contributed by atoms with E-state index in [4.69, 9.17) is 4.42 Å². The second-order valence-corrected chi connectivity index (χ2v) is 6.09. The van der Waals surface area contributed by atoms with Gasteiger partial charge in [-0.25, -0.2) is 0 Å². The Morgan fingerprint density at radius 2 is 2.04 bits per heavy atom. The minimum atomic E-state index is -0.356. The molecule has 2 aromatic heterocycles. The fraction of sp³-hybridized carbons (Fsp3) is 0.211. The number of hydrogen-bond donors (Lipinski definition) is 2. The summed E-state index contributed by atoms with van der Waals surface area (Å²) in [6.45, 7) is 4.17. The summed E-state index contributed by atoms with van der Waals surface area (Å²) < 4.78 is 5.10. The Labute approximate surface area is 151 Å². The number of H-pyrrole nitrogens is 1. The van der Waals surface area contributed by atoms with Gasteiger partial charge in [0.05, 0.1) is 12.5 Å². The molecule has 0 aliphatic heterocycles. The summed E-state index contributed by atoms with van der Waals surface area (Å²) in [5, 5.41) is 9.62. The fourth-order valence-electron chi connectivity index (χ4n) is 2.66. The number of carbonyl (C=O) groups is 2. The maximum atomic E-state index is 12.8. The van der Waals surface area contributed by atoms with Gasteiger partial charge in [0, 0.05) is 36.1 Å². The highest BCUT2D eigenvalue weighted by atomic mass is 16.3. The molecule has 0 atom stereocenters. The molecule has 0 unspecified atom stereocenters. The number of hydrogen-bond acceptors (Lipinski definition) is 4. The summed E-state index contributed by atoms with van der Waals surface area (Å²) in [5.41, 5.74) is 3.70. The molecule has 134 valence electrons. The molecule has 7 nitrogen and oxygen atoms in total. The van der Waals surface area contributed by atoms with Gasteiger partial charge in [-0.15, -0.1) is 0 Å². The monoisotopic (exact) mass is 352 g/mol. The number of benzene rings is 1. The number of nitrogens with one attached hydrogen (secondary N) is 2. The van der Waals surface area contributed by atoms with Gasteiger partial charge in [0.2, 0.25) is 0 Å². The Bertz CT molecular complexity index is 928. The number of anilines is 1. The van der Waals surface area contributed by atoms with Crippen LogP contribution in [0, 0.1) is 13.8 Å². The van der Waals surface area contributed by atoms with Crippen molar-refractivity contribution < 1.29 is 14.0 Å². The van der Waals surface area contributed by atoms with Gasteiger partial charge < -0.3 is 14.6 Å². The van der Waals surface area contributed by atoms with Gasteiger partial charge in [-0.1, -0.05) is 6.07 Å². The predicted octanol–water partition coefficient (Wildman–Crippen LogP) is 3.14. The molecule has 26 heavy (non-hydrogen) atoms. The zero-order valence-electron chi connectivity index (χ0n) is 14.9. The number of nitrogens with zero attached hydrogens (tertiary/aromatic N) is 2. The van der Waals surface area contributed by atoms with Gasteiger partial charge in [-0.2, -0.15) is 5.10 Å². The largest absolute Gasteiger partial charge is 0.459 e. The molecule has 0 aliphatic rings. The average Bonchev–Trinajstić information content (AvgIpc) is 3.28. The van der Waals surface area contributed by atoms with E-state index in [1.165, 1.54) is 6.26 Å². The van der Waals surface area contributed by atoms with Crippen LogP contribution >= 0.6 is 0 Å². The van der Waals surface area contributed by atoms with Crippen molar-refractivity contribution in [3.8, 4) is 0 Å². The van der Waals surface area contributed by atoms with Crippen molar-refractivity contribution in [3.05, 3.63) is 70.9 Å². The van der Waals surface area contributed by atoms with E-state index in [2.05, 4.69) is 15.5 Å². The second kappa shape index (κ2) is 7.26. The molecule has 0 aliphatic carbocycles. The molecule has 2 heterocycles. The Morgan fingerprint density at radius 3 is 2.69 bits per heavy atom. The normalized spacial score (nSPS) is 10.6. The van der Waals surface area contributed by atoms with Crippen molar-refractivity contribution >= 4 is 17.5 Å². The van der Waals surface area contributed by atoms with Crippen LogP contribution < -0.4 is 5.32 Å². The number of aromatic amines is 1. The summed E-state index contributed by atoms with van der Waals surface area (Å²) in [5.74, 6) is -0.268. The Hall–Kier alpha value is -3.35. The van der Waals surface area contributed by atoms with E-state index in [1.54, 1.807) is 48.5 Å². The second-order valence-electron chi connectivity index (χ2n) is 6.09. The van der Waals surface area contributed by atoms with Crippen molar-refractivity contribution in [2.24, 2.45) is 0 Å². The number of amides is 2. The molecule has 2 amide bonds. The van der Waals surface area contributed by atoms with E-state index in [0.717, 1.165) is 11.3 Å². The first-order valence-electron chi connectivity index (χ1n) is 8.16. The Morgan fingerprint density at radius 1 is 1.23 bits per heavy atom. The SMILES string of the molecule is Cc1[nH]ncc1CN(C)C(=O)c1cccc(NC(=O)c2ccco2)c1C. The number of rotatable bonds is 5. The topological polar surface area (TPSA) is 91.2 Å². The lowest BCUT2D eigenvalue weighted by atomic mass is 10.0. The van der Waals surface area contributed by atoms with Crippen LogP contribution in [0.1, 0.15) is 37.7 Å². The molecular formula is C19H20N4O3. The molecule has 1 aromatic carbocycles. The molecule has 7 heteroatoms. The minimum absolute atomic E-state index is 0.128. The van der Waals surface area contributed by atoms with E-state index in [9.17, 15) is 9.59 Å². The first-order chi connectivity index (χ1) is 12.5. The Balaban J connectivity index is 1.78. The Kier molecular flexibility index (Phi) is 4.88. The summed E-state index contributed by atoms with van der Waals surface area (Å²) in [7, 11) is 1.74. The lowest BCUT2D eigenvalue weighted by Gasteiger charge is -2.19. The van der Waals surface area contributed by atoms with Crippen LogP contribution in [0.2, 0.25) is 0 Å². The smallest absolute Gasteiger partial charge is 0.291 e. The first kappa shape index (κ1) is 17.5. The van der Waals surface area contributed by atoms with Crippen LogP contribution in [0.3, 0.4) is 0 Å². The molecule has 0 radical (unpaired) electrons. The zero-order valence-corrected chi connectivity index (χ0v) is 14.9. The maximum Gasteiger partial charge on any atom is 0.291 e. The molecule has 3 rings (SSSR count). The maximum absolute atomic E-state index is 12.8. The van der Waals surface area contributed by atoms with Crippen molar-refractivity contribution in [2.75, 3.05) is 12.4 Å². The van der Waals surface area contributed by atoms with Crippen LogP contribution in [0.15, 0.2) is 47.2 Å². The van der Waals surface area contributed by atoms with Crippen molar-refractivity contribution in [1.82, 2.24) is 15.1 Å². The average molecular weight is 352 g/mol. The standard InChI is InChI=1S/C19H20N4O3/c1-12-15(19(25)23(3)11-14-10-20-22-13(14)2)6-4-7-16(12)21-18(24)17-8-5-9-26-17/h4-10H,11H2,1-3H3,(H,20,22)(H,21,24). The highest BCUT2D eigenvalue weighted by Gasteiger charge is 2.18. The number of aromatic nitrogens is 2. The number of carbonyl (C=O) groups excluding carboxylic acids is 2. The quantitative estimate of drug-likeness (QED) is 0.738. The van der Waals surface area contributed by atoms with Gasteiger partial charge in [-0.3, -0.25) is 14.7 Å². The first-order valence-corrected chi connectivity index (χ1v) is 8.16. The van der Waals surface area contributed by atoms with Crippen LogP contribution in [-0.4, -0.2) is 34.0 Å². The van der Waals surface area contributed by atoms with Crippen LogP contribution in [0.5, 0.6) is 0 Å². The summed E-state index contributed by atoms with van der Waals surface area (Å²) in [6.07, 6.45) is 3.15. The molecule has 0 spiro atoms. The van der Waals surface area contributed by atoms with Gasteiger partial charge in [0.15, 0.2) is 5.76 Å². The van der Waals surface area contributed by atoms with Crippen molar-refractivity contribution in [1.29, 1.82) is 0 Å². The molecule has 2 N–H and O–H groups in total. The van der Waals surface area contributed by atoms with E-state index in [1.807, 2.05) is 13.8 Å². The third-order valence-electron chi connectivity index (χ3n) is 4.25. The minimum Gasteiger partial charge on any atom is -0.459 e. The van der Waals surface area contributed by atoms with E-state index < -0.39 is 0 Å². The summed E-state index contributed by atoms with van der Waals surface area (Å²) in [6, 6.07) is 8.48. The van der Waals surface area contributed by atoms with E-state index in [-0.39, 0.29) is 17.6 Å². The highest BCUT2D eigenvalue weighted by molar-refractivity contribution is 6.04. The van der Waals surface area contributed by atoms with Crippen LogP contribution in [0.25, 0.3) is 0 Å². The van der Waals surface area contributed by atoms with Crippen molar-refractivity contribution in [2.45, 2.75) is 20.4 Å². The molecule has 0 saturated heterocycles. The third kappa shape index (κ3) is 3.51. The van der Waals surface area contributed by atoms with Gasteiger partial charge in [0.25, 0.3) is 11.8 Å². The predicted molar refractivity (Wildman–Crippen MR) is 97.0 cm³/mol. The summed E-state index contributed by atoms with van der Waals surface area (Å²) >= 11 is 0. The lowest BCUT2D eigenvalue weighted by molar-refractivity contribution is 0.0784. The van der Waals surface area contributed by atoms with Gasteiger partial charge in [-0.05, 0) is 43.7 Å². The molecule has 0 saturated carbocycles. The zero-order chi connectivity index (χ0) is 18.7. The molecule has 0 fully saturated rings. The fourth-order valence-corrected chi connectivity index (χ4v) is 2.66. The van der Waals surface area contributed by atoms with E-state index >= 15 is 0 Å².